The Labute approximate surface area is 204 Å². The van der Waals surface area contributed by atoms with Crippen molar-refractivity contribution in [3.05, 3.63) is 0 Å². The second-order valence-corrected chi connectivity index (χ2v) is 10.0. The molecular weight excluding hydrogens is 392 g/mol. The second kappa shape index (κ2) is 29.0. The van der Waals surface area contributed by atoms with E-state index in [1.807, 2.05) is 0 Å². The largest absolute Gasteiger partial charge is 0.379 e. The Hall–Kier alpha value is -0.0800. The Morgan fingerprint density at radius 3 is 1.12 bits per heavy atom. The molecule has 2 nitrogen and oxygen atoms in total. The highest BCUT2D eigenvalue weighted by molar-refractivity contribution is 4.55. The van der Waals surface area contributed by atoms with E-state index >= 15 is 0 Å². The lowest BCUT2D eigenvalue weighted by atomic mass is 10.1. The summed E-state index contributed by atoms with van der Waals surface area (Å²) in [5.41, 5.74) is 0. The molecule has 0 rings (SSSR count). The van der Waals surface area contributed by atoms with Crippen molar-refractivity contribution < 1.29 is 9.47 Å². The standard InChI is InChI=1S/C30H62O2/c1-4-7-9-11-13-15-17-18-20-22-24-26-28-32-30(6-3)29-31-27-25-23-21-19-16-14-12-10-8-5-2/h30H,4-29H2,1-3H3. The molecule has 0 aromatic carbocycles. The van der Waals surface area contributed by atoms with Gasteiger partial charge in [0, 0.05) is 13.2 Å². The summed E-state index contributed by atoms with van der Waals surface area (Å²) in [6.45, 7) is 9.41. The molecule has 0 aliphatic carbocycles. The SMILES string of the molecule is CCCCCCCCCCCCCCOC(CC)COCCCCCCCCCCCC. The first kappa shape index (κ1) is 31.9. The number of rotatable bonds is 28. The van der Waals surface area contributed by atoms with Gasteiger partial charge in [-0.1, -0.05) is 149 Å². The van der Waals surface area contributed by atoms with Crippen molar-refractivity contribution >= 4 is 0 Å². The molecule has 0 saturated carbocycles. The summed E-state index contributed by atoms with van der Waals surface area (Å²) in [5, 5.41) is 0. The number of hydrogen-bond donors (Lipinski definition) is 0. The molecule has 194 valence electrons. The first-order valence-corrected chi connectivity index (χ1v) is 15.0. The highest BCUT2D eigenvalue weighted by atomic mass is 16.5. The van der Waals surface area contributed by atoms with Crippen LogP contribution in [-0.4, -0.2) is 25.9 Å². The van der Waals surface area contributed by atoms with Crippen molar-refractivity contribution in [3.8, 4) is 0 Å². The van der Waals surface area contributed by atoms with E-state index in [1.165, 1.54) is 141 Å². The van der Waals surface area contributed by atoms with Crippen molar-refractivity contribution in [3.63, 3.8) is 0 Å². The molecule has 0 aliphatic rings. The van der Waals surface area contributed by atoms with Gasteiger partial charge in [0.25, 0.3) is 0 Å². The van der Waals surface area contributed by atoms with Crippen LogP contribution in [0.1, 0.15) is 168 Å². The second-order valence-electron chi connectivity index (χ2n) is 10.0. The zero-order valence-electron chi connectivity index (χ0n) is 22.8. The van der Waals surface area contributed by atoms with Crippen molar-refractivity contribution in [2.75, 3.05) is 19.8 Å². The molecule has 0 amide bonds. The predicted octanol–water partition coefficient (Wildman–Crippen LogP) is 10.4. The first-order chi connectivity index (χ1) is 15.8. The van der Waals surface area contributed by atoms with Crippen LogP contribution in [0.2, 0.25) is 0 Å². The summed E-state index contributed by atoms with van der Waals surface area (Å²) >= 11 is 0. The zero-order chi connectivity index (χ0) is 23.4. The minimum Gasteiger partial charge on any atom is -0.379 e. The van der Waals surface area contributed by atoms with E-state index in [2.05, 4.69) is 20.8 Å². The molecule has 0 aromatic heterocycles. The average molecular weight is 455 g/mol. The molecule has 0 heterocycles. The van der Waals surface area contributed by atoms with E-state index in [1.54, 1.807) is 0 Å². The Bertz CT molecular complexity index is 318. The zero-order valence-corrected chi connectivity index (χ0v) is 22.8. The quantitative estimate of drug-likeness (QED) is 0.109. The minimum absolute atomic E-state index is 0.297. The predicted molar refractivity (Wildman–Crippen MR) is 144 cm³/mol. The van der Waals surface area contributed by atoms with Gasteiger partial charge in [0.2, 0.25) is 0 Å². The van der Waals surface area contributed by atoms with Crippen molar-refractivity contribution in [2.45, 2.75) is 175 Å². The van der Waals surface area contributed by atoms with E-state index in [-0.39, 0.29) is 0 Å². The molecule has 0 fully saturated rings. The van der Waals surface area contributed by atoms with Crippen LogP contribution in [0.15, 0.2) is 0 Å². The molecule has 2 heteroatoms. The van der Waals surface area contributed by atoms with Gasteiger partial charge < -0.3 is 9.47 Å². The summed E-state index contributed by atoms with van der Waals surface area (Å²) in [6, 6.07) is 0. The Balaban J connectivity index is 3.26. The normalized spacial score (nSPS) is 12.5. The average Bonchev–Trinajstić information content (AvgIpc) is 2.81. The molecule has 0 aliphatic heterocycles. The molecule has 0 saturated heterocycles. The van der Waals surface area contributed by atoms with Crippen LogP contribution in [0.5, 0.6) is 0 Å². The van der Waals surface area contributed by atoms with Gasteiger partial charge in [-0.2, -0.15) is 0 Å². The fraction of sp³-hybridized carbons (Fsp3) is 1.00. The van der Waals surface area contributed by atoms with Gasteiger partial charge in [-0.05, 0) is 19.3 Å². The maximum atomic E-state index is 6.06. The molecule has 1 atom stereocenters. The fourth-order valence-corrected chi connectivity index (χ4v) is 4.38. The van der Waals surface area contributed by atoms with Gasteiger partial charge in [-0.3, -0.25) is 0 Å². The van der Waals surface area contributed by atoms with Crippen LogP contribution < -0.4 is 0 Å². The van der Waals surface area contributed by atoms with Crippen LogP contribution in [0.3, 0.4) is 0 Å². The highest BCUT2D eigenvalue weighted by Crippen LogP contribution is 2.13. The van der Waals surface area contributed by atoms with E-state index < -0.39 is 0 Å². The van der Waals surface area contributed by atoms with Crippen LogP contribution in [0.4, 0.5) is 0 Å². The third-order valence-electron chi connectivity index (χ3n) is 6.75. The summed E-state index contributed by atoms with van der Waals surface area (Å²) in [6.07, 6.45) is 32.0. The number of hydrogen-bond acceptors (Lipinski definition) is 2. The lowest BCUT2D eigenvalue weighted by Crippen LogP contribution is -2.20. The van der Waals surface area contributed by atoms with Crippen molar-refractivity contribution in [2.24, 2.45) is 0 Å². The van der Waals surface area contributed by atoms with Crippen LogP contribution in [0.25, 0.3) is 0 Å². The maximum absolute atomic E-state index is 6.06. The molecule has 0 bridgehead atoms. The van der Waals surface area contributed by atoms with Crippen molar-refractivity contribution in [1.29, 1.82) is 0 Å². The molecule has 0 radical (unpaired) electrons. The Kier molecular flexibility index (Phi) is 28.9. The third kappa shape index (κ3) is 26.2. The van der Waals surface area contributed by atoms with Gasteiger partial charge in [-0.15, -0.1) is 0 Å². The highest BCUT2D eigenvalue weighted by Gasteiger charge is 2.06. The van der Waals surface area contributed by atoms with E-state index in [0.29, 0.717) is 6.10 Å². The minimum atomic E-state index is 0.297. The molecule has 0 spiro atoms. The molecule has 0 N–H and O–H groups in total. The van der Waals surface area contributed by atoms with Crippen molar-refractivity contribution in [1.82, 2.24) is 0 Å². The summed E-state index contributed by atoms with van der Waals surface area (Å²) in [5.74, 6) is 0. The van der Waals surface area contributed by atoms with E-state index in [4.69, 9.17) is 9.47 Å². The Morgan fingerprint density at radius 2 is 0.750 bits per heavy atom. The molecule has 1 unspecified atom stereocenters. The van der Waals surface area contributed by atoms with Gasteiger partial charge in [-0.25, -0.2) is 0 Å². The lowest BCUT2D eigenvalue weighted by molar-refractivity contribution is -0.0200. The molecular formula is C30H62O2. The Morgan fingerprint density at radius 1 is 0.406 bits per heavy atom. The summed E-state index contributed by atoms with van der Waals surface area (Å²) < 4.78 is 12.0. The summed E-state index contributed by atoms with van der Waals surface area (Å²) in [7, 11) is 0. The van der Waals surface area contributed by atoms with E-state index in [0.717, 1.165) is 26.2 Å². The lowest BCUT2D eigenvalue weighted by Gasteiger charge is -2.16. The maximum Gasteiger partial charge on any atom is 0.0805 e. The topological polar surface area (TPSA) is 18.5 Å². The van der Waals surface area contributed by atoms with Crippen LogP contribution in [0, 0.1) is 0 Å². The monoisotopic (exact) mass is 454 g/mol. The van der Waals surface area contributed by atoms with E-state index in [9.17, 15) is 0 Å². The van der Waals surface area contributed by atoms with Crippen LogP contribution in [-0.2, 0) is 9.47 Å². The molecule has 0 aromatic rings. The van der Waals surface area contributed by atoms with Gasteiger partial charge in [0.05, 0.1) is 12.7 Å². The summed E-state index contributed by atoms with van der Waals surface area (Å²) in [4.78, 5) is 0. The number of ether oxygens (including phenoxy) is 2. The smallest absolute Gasteiger partial charge is 0.0805 e. The number of unbranched alkanes of at least 4 members (excludes halogenated alkanes) is 20. The third-order valence-corrected chi connectivity index (χ3v) is 6.75. The molecule has 32 heavy (non-hydrogen) atoms. The first-order valence-electron chi connectivity index (χ1n) is 15.0. The fourth-order valence-electron chi connectivity index (χ4n) is 4.38. The van der Waals surface area contributed by atoms with Gasteiger partial charge in [0.15, 0.2) is 0 Å². The van der Waals surface area contributed by atoms with Crippen LogP contribution >= 0.6 is 0 Å². The van der Waals surface area contributed by atoms with Gasteiger partial charge >= 0.3 is 0 Å². The van der Waals surface area contributed by atoms with Gasteiger partial charge in [0.1, 0.15) is 0 Å².